The number of hydrogen-bond donors (Lipinski definition) is 1. The number of carbonyl (C=O) groups is 1. The van der Waals surface area contributed by atoms with Crippen molar-refractivity contribution in [2.45, 2.75) is 38.8 Å². The average Bonchev–Trinajstić information content (AvgIpc) is 2.63. The Balaban J connectivity index is 1.61. The van der Waals surface area contributed by atoms with E-state index in [0.717, 1.165) is 62.1 Å². The van der Waals surface area contributed by atoms with Gasteiger partial charge in [-0.05, 0) is 49.8 Å². The van der Waals surface area contributed by atoms with Crippen LogP contribution in [0.3, 0.4) is 0 Å². The van der Waals surface area contributed by atoms with E-state index in [2.05, 4.69) is 15.2 Å². The number of amides is 1. The van der Waals surface area contributed by atoms with Crippen molar-refractivity contribution >= 4 is 22.5 Å². The number of anilines is 1. The van der Waals surface area contributed by atoms with Crippen molar-refractivity contribution < 1.29 is 18.0 Å². The number of rotatable bonds is 1. The van der Waals surface area contributed by atoms with Crippen LogP contribution in [0, 0.1) is 12.3 Å². The third-order valence-corrected chi connectivity index (χ3v) is 5.95. The van der Waals surface area contributed by atoms with Gasteiger partial charge in [-0.2, -0.15) is 13.2 Å². The van der Waals surface area contributed by atoms with E-state index in [1.807, 2.05) is 13.0 Å². The number of fused-ring (bicyclic) bond motifs is 1. The summed E-state index contributed by atoms with van der Waals surface area (Å²) < 4.78 is 39.1. The molecule has 1 N–H and O–H groups in total. The average molecular weight is 377 g/mol. The Morgan fingerprint density at radius 2 is 1.89 bits per heavy atom. The first-order valence-corrected chi connectivity index (χ1v) is 9.26. The van der Waals surface area contributed by atoms with Gasteiger partial charge in [-0.1, -0.05) is 6.07 Å². The predicted octanol–water partition coefficient (Wildman–Crippen LogP) is 4.06. The van der Waals surface area contributed by atoms with Crippen molar-refractivity contribution in [2.75, 3.05) is 24.5 Å². The standard InChI is InChI=1S/C20H22F3N3O/c1-13-10-17(15-3-2-14(20(21,22)23)11-16(15)25-13)26-8-6-19(7-9-26)5-4-18(27)24-12-19/h2-3,10-11H,4-9,12H2,1H3,(H,24,27). The summed E-state index contributed by atoms with van der Waals surface area (Å²) in [5, 5.41) is 3.73. The number of benzene rings is 1. The third-order valence-electron chi connectivity index (χ3n) is 5.95. The molecule has 0 saturated carbocycles. The van der Waals surface area contributed by atoms with Gasteiger partial charge in [0.2, 0.25) is 5.91 Å². The Kier molecular flexibility index (Phi) is 4.28. The summed E-state index contributed by atoms with van der Waals surface area (Å²) in [6.45, 7) is 4.20. The van der Waals surface area contributed by atoms with E-state index < -0.39 is 11.7 Å². The number of aryl methyl sites for hydroxylation is 1. The van der Waals surface area contributed by atoms with Crippen LogP contribution in [0.2, 0.25) is 0 Å². The topological polar surface area (TPSA) is 45.2 Å². The number of nitrogens with one attached hydrogen (secondary N) is 1. The Bertz CT molecular complexity index is 874. The van der Waals surface area contributed by atoms with Crippen molar-refractivity contribution in [1.29, 1.82) is 0 Å². The van der Waals surface area contributed by atoms with Crippen molar-refractivity contribution in [3.63, 3.8) is 0 Å². The van der Waals surface area contributed by atoms with Crippen LogP contribution in [0.15, 0.2) is 24.3 Å². The minimum Gasteiger partial charge on any atom is -0.371 e. The van der Waals surface area contributed by atoms with E-state index in [9.17, 15) is 18.0 Å². The van der Waals surface area contributed by atoms with E-state index in [1.54, 1.807) is 0 Å². The van der Waals surface area contributed by atoms with Crippen molar-refractivity contribution in [3.8, 4) is 0 Å². The van der Waals surface area contributed by atoms with Crippen LogP contribution >= 0.6 is 0 Å². The summed E-state index contributed by atoms with van der Waals surface area (Å²) in [6, 6.07) is 5.75. The Morgan fingerprint density at radius 1 is 1.15 bits per heavy atom. The largest absolute Gasteiger partial charge is 0.416 e. The normalized spacial score (nSPS) is 20.1. The van der Waals surface area contributed by atoms with E-state index in [0.29, 0.717) is 17.6 Å². The molecule has 7 heteroatoms. The first-order valence-electron chi connectivity index (χ1n) is 9.26. The maximum Gasteiger partial charge on any atom is 0.416 e. The smallest absolute Gasteiger partial charge is 0.371 e. The zero-order valence-corrected chi connectivity index (χ0v) is 15.2. The SMILES string of the molecule is Cc1cc(N2CCC3(CCC(=O)NC3)CC2)c2ccc(C(F)(F)F)cc2n1. The Morgan fingerprint density at radius 3 is 2.52 bits per heavy atom. The number of alkyl halides is 3. The quantitative estimate of drug-likeness (QED) is 0.815. The van der Waals surface area contributed by atoms with Gasteiger partial charge in [-0.3, -0.25) is 9.78 Å². The van der Waals surface area contributed by atoms with Gasteiger partial charge in [0.25, 0.3) is 0 Å². The van der Waals surface area contributed by atoms with E-state index in [4.69, 9.17) is 0 Å². The summed E-state index contributed by atoms with van der Waals surface area (Å²) in [6.07, 6.45) is -0.939. The lowest BCUT2D eigenvalue weighted by molar-refractivity contribution is -0.137. The van der Waals surface area contributed by atoms with Crippen LogP contribution in [0.5, 0.6) is 0 Å². The predicted molar refractivity (Wildman–Crippen MR) is 97.6 cm³/mol. The minimum absolute atomic E-state index is 0.124. The van der Waals surface area contributed by atoms with Crippen LogP contribution in [0.1, 0.15) is 36.9 Å². The Hall–Kier alpha value is -2.31. The molecule has 144 valence electrons. The molecule has 3 heterocycles. The first kappa shape index (κ1) is 18.1. The number of aromatic nitrogens is 1. The van der Waals surface area contributed by atoms with Gasteiger partial charge in [0.15, 0.2) is 0 Å². The summed E-state index contributed by atoms with van der Waals surface area (Å²) in [7, 11) is 0. The summed E-state index contributed by atoms with van der Waals surface area (Å²) in [4.78, 5) is 18.0. The summed E-state index contributed by atoms with van der Waals surface area (Å²) >= 11 is 0. The fourth-order valence-corrected chi connectivity index (χ4v) is 4.27. The lowest BCUT2D eigenvalue weighted by Crippen LogP contribution is -2.49. The highest BCUT2D eigenvalue weighted by Gasteiger charge is 2.38. The number of carbonyl (C=O) groups excluding carboxylic acids is 1. The lowest BCUT2D eigenvalue weighted by Gasteiger charge is -2.45. The zero-order chi connectivity index (χ0) is 19.2. The molecule has 2 aliphatic heterocycles. The van der Waals surface area contributed by atoms with Gasteiger partial charge < -0.3 is 10.2 Å². The monoisotopic (exact) mass is 377 g/mol. The molecule has 1 aromatic carbocycles. The highest BCUT2D eigenvalue weighted by Crippen LogP contribution is 2.40. The van der Waals surface area contributed by atoms with Crippen LogP contribution in [-0.4, -0.2) is 30.5 Å². The minimum atomic E-state index is -4.37. The molecule has 2 aliphatic rings. The summed E-state index contributed by atoms with van der Waals surface area (Å²) in [5.74, 6) is 0.124. The highest BCUT2D eigenvalue weighted by atomic mass is 19.4. The van der Waals surface area contributed by atoms with E-state index in [-0.39, 0.29) is 11.3 Å². The van der Waals surface area contributed by atoms with Crippen molar-refractivity contribution in [2.24, 2.45) is 5.41 Å². The highest BCUT2D eigenvalue weighted by molar-refractivity contribution is 5.92. The molecule has 0 radical (unpaired) electrons. The van der Waals surface area contributed by atoms with Crippen LogP contribution in [0.25, 0.3) is 10.9 Å². The molecular weight excluding hydrogens is 355 g/mol. The fraction of sp³-hybridized carbons (Fsp3) is 0.500. The van der Waals surface area contributed by atoms with Crippen LogP contribution in [-0.2, 0) is 11.0 Å². The second-order valence-electron chi connectivity index (χ2n) is 7.78. The number of nitrogens with zero attached hydrogens (tertiary/aromatic N) is 2. The maximum absolute atomic E-state index is 13.0. The zero-order valence-electron chi connectivity index (χ0n) is 15.2. The molecular formula is C20H22F3N3O. The van der Waals surface area contributed by atoms with Crippen molar-refractivity contribution in [3.05, 3.63) is 35.5 Å². The van der Waals surface area contributed by atoms with Gasteiger partial charge in [0.1, 0.15) is 0 Å². The van der Waals surface area contributed by atoms with Crippen LogP contribution < -0.4 is 10.2 Å². The molecule has 4 rings (SSSR count). The molecule has 0 unspecified atom stereocenters. The molecule has 0 bridgehead atoms. The molecule has 2 fully saturated rings. The second-order valence-corrected chi connectivity index (χ2v) is 7.78. The van der Waals surface area contributed by atoms with Gasteiger partial charge in [0.05, 0.1) is 11.1 Å². The molecule has 2 aromatic rings. The molecule has 1 spiro atoms. The van der Waals surface area contributed by atoms with Crippen LogP contribution in [0.4, 0.5) is 18.9 Å². The second kappa shape index (κ2) is 6.39. The van der Waals surface area contributed by atoms with E-state index in [1.165, 1.54) is 6.07 Å². The van der Waals surface area contributed by atoms with Gasteiger partial charge in [-0.15, -0.1) is 0 Å². The summed E-state index contributed by atoms with van der Waals surface area (Å²) in [5.41, 5.74) is 1.52. The van der Waals surface area contributed by atoms with Crippen molar-refractivity contribution in [1.82, 2.24) is 10.3 Å². The molecule has 0 aliphatic carbocycles. The maximum atomic E-state index is 13.0. The molecule has 1 amide bonds. The lowest BCUT2D eigenvalue weighted by atomic mass is 9.73. The first-order chi connectivity index (χ1) is 12.8. The molecule has 0 atom stereocenters. The Labute approximate surface area is 155 Å². The molecule has 1 aromatic heterocycles. The fourth-order valence-electron chi connectivity index (χ4n) is 4.27. The number of hydrogen-bond acceptors (Lipinski definition) is 3. The van der Waals surface area contributed by atoms with Gasteiger partial charge >= 0.3 is 6.18 Å². The number of piperidine rings is 2. The molecule has 27 heavy (non-hydrogen) atoms. The molecule has 4 nitrogen and oxygen atoms in total. The van der Waals surface area contributed by atoms with Gasteiger partial charge in [0, 0.05) is 42.8 Å². The number of pyridine rings is 1. The van der Waals surface area contributed by atoms with E-state index >= 15 is 0 Å². The van der Waals surface area contributed by atoms with Gasteiger partial charge in [-0.25, -0.2) is 0 Å². The third kappa shape index (κ3) is 3.47. The number of halogens is 3. The molecule has 2 saturated heterocycles.